The molecular formula is C19H17BrN2O3. The van der Waals surface area contributed by atoms with E-state index in [1.807, 2.05) is 25.1 Å². The fraction of sp³-hybridized carbons (Fsp3) is 0.158. The lowest BCUT2D eigenvalue weighted by molar-refractivity contribution is -0.112. The average Bonchev–Trinajstić information content (AvgIpc) is 2.62. The van der Waals surface area contributed by atoms with Crippen LogP contribution in [0.5, 0.6) is 11.5 Å². The summed E-state index contributed by atoms with van der Waals surface area (Å²) < 4.78 is 11.4. The van der Waals surface area contributed by atoms with E-state index in [9.17, 15) is 10.1 Å². The molecule has 128 valence electrons. The number of halogens is 1. The Morgan fingerprint density at radius 1 is 1.16 bits per heavy atom. The molecule has 2 aromatic rings. The second kappa shape index (κ2) is 8.36. The number of carbonyl (C=O) groups is 1. The Bertz CT molecular complexity index is 852. The van der Waals surface area contributed by atoms with Gasteiger partial charge in [0, 0.05) is 10.2 Å². The quantitative estimate of drug-likeness (QED) is 0.599. The summed E-state index contributed by atoms with van der Waals surface area (Å²) in [4.78, 5) is 12.4. The van der Waals surface area contributed by atoms with Crippen LogP contribution >= 0.6 is 15.9 Å². The summed E-state index contributed by atoms with van der Waals surface area (Å²) in [7, 11) is 3.09. The lowest BCUT2D eigenvalue weighted by Gasteiger charge is -2.11. The molecule has 0 heterocycles. The van der Waals surface area contributed by atoms with E-state index in [0.717, 1.165) is 10.0 Å². The molecule has 0 spiro atoms. The summed E-state index contributed by atoms with van der Waals surface area (Å²) in [6.07, 6.45) is 1.53. The van der Waals surface area contributed by atoms with Crippen LogP contribution in [0.25, 0.3) is 6.08 Å². The topological polar surface area (TPSA) is 71.3 Å². The highest BCUT2D eigenvalue weighted by Gasteiger charge is 2.12. The summed E-state index contributed by atoms with van der Waals surface area (Å²) in [5.74, 6) is 0.652. The standard InChI is InChI=1S/C19H17BrN2O3/c1-12-8-17(24-2)18(25-3)10-13(12)9-14(11-21)19(23)22-16-6-4-15(20)5-7-16/h4-10H,1-3H3,(H,22,23)/b14-9-. The third-order valence-electron chi connectivity index (χ3n) is 3.54. The van der Waals surface area contributed by atoms with Crippen molar-refractivity contribution in [1.82, 2.24) is 0 Å². The van der Waals surface area contributed by atoms with E-state index in [0.29, 0.717) is 22.7 Å². The lowest BCUT2D eigenvalue weighted by Crippen LogP contribution is -2.13. The zero-order chi connectivity index (χ0) is 18.4. The molecule has 1 amide bonds. The zero-order valence-electron chi connectivity index (χ0n) is 14.1. The SMILES string of the molecule is COc1cc(C)c(/C=C(/C#N)C(=O)Nc2ccc(Br)cc2)cc1OC. The van der Waals surface area contributed by atoms with Crippen LogP contribution in [-0.2, 0) is 4.79 Å². The monoisotopic (exact) mass is 400 g/mol. The minimum atomic E-state index is -0.473. The number of nitrogens with one attached hydrogen (secondary N) is 1. The van der Waals surface area contributed by atoms with Crippen LogP contribution in [0.3, 0.4) is 0 Å². The molecule has 25 heavy (non-hydrogen) atoms. The minimum absolute atomic E-state index is 0.00163. The molecule has 2 rings (SSSR count). The van der Waals surface area contributed by atoms with Crippen molar-refractivity contribution >= 4 is 33.6 Å². The smallest absolute Gasteiger partial charge is 0.266 e. The van der Waals surface area contributed by atoms with Crippen LogP contribution in [0.2, 0.25) is 0 Å². The van der Waals surface area contributed by atoms with Crippen LogP contribution in [0.15, 0.2) is 46.4 Å². The van der Waals surface area contributed by atoms with Gasteiger partial charge in [-0.25, -0.2) is 0 Å². The van der Waals surface area contributed by atoms with E-state index < -0.39 is 5.91 Å². The summed E-state index contributed by atoms with van der Waals surface area (Å²) in [5.41, 5.74) is 2.18. The van der Waals surface area contributed by atoms with Gasteiger partial charge < -0.3 is 14.8 Å². The molecule has 5 nitrogen and oxygen atoms in total. The van der Waals surface area contributed by atoms with E-state index in [4.69, 9.17) is 9.47 Å². The van der Waals surface area contributed by atoms with Crippen LogP contribution in [0.4, 0.5) is 5.69 Å². The van der Waals surface area contributed by atoms with Crippen LogP contribution < -0.4 is 14.8 Å². The van der Waals surface area contributed by atoms with Gasteiger partial charge in [-0.05, 0) is 60.5 Å². The largest absolute Gasteiger partial charge is 0.493 e. The number of amides is 1. The minimum Gasteiger partial charge on any atom is -0.493 e. The number of nitriles is 1. The highest BCUT2D eigenvalue weighted by atomic mass is 79.9. The predicted molar refractivity (Wildman–Crippen MR) is 101 cm³/mol. The van der Waals surface area contributed by atoms with Crippen molar-refractivity contribution in [2.24, 2.45) is 0 Å². The number of carbonyl (C=O) groups excluding carboxylic acids is 1. The number of nitrogens with zero attached hydrogens (tertiary/aromatic N) is 1. The molecule has 0 saturated carbocycles. The van der Waals surface area contributed by atoms with E-state index in [2.05, 4.69) is 21.2 Å². The number of aryl methyl sites for hydroxylation is 1. The third-order valence-corrected chi connectivity index (χ3v) is 4.07. The molecule has 0 saturated heterocycles. The van der Waals surface area contributed by atoms with Crippen molar-refractivity contribution in [1.29, 1.82) is 5.26 Å². The second-order valence-electron chi connectivity index (χ2n) is 5.19. The third kappa shape index (κ3) is 4.61. The fourth-order valence-electron chi connectivity index (χ4n) is 2.19. The van der Waals surface area contributed by atoms with Crippen molar-refractivity contribution in [3.05, 3.63) is 57.6 Å². The first-order valence-electron chi connectivity index (χ1n) is 7.39. The fourth-order valence-corrected chi connectivity index (χ4v) is 2.45. The molecule has 6 heteroatoms. The Morgan fingerprint density at radius 3 is 2.32 bits per heavy atom. The lowest BCUT2D eigenvalue weighted by atomic mass is 10.0. The van der Waals surface area contributed by atoms with Crippen molar-refractivity contribution in [3.8, 4) is 17.6 Å². The van der Waals surface area contributed by atoms with Gasteiger partial charge in [0.25, 0.3) is 5.91 Å². The van der Waals surface area contributed by atoms with Gasteiger partial charge in [-0.15, -0.1) is 0 Å². The summed E-state index contributed by atoms with van der Waals surface area (Å²) >= 11 is 3.33. The van der Waals surface area contributed by atoms with E-state index in [-0.39, 0.29) is 5.57 Å². The maximum Gasteiger partial charge on any atom is 0.266 e. The van der Waals surface area contributed by atoms with Crippen LogP contribution in [0.1, 0.15) is 11.1 Å². The molecule has 0 aromatic heterocycles. The Morgan fingerprint density at radius 2 is 1.76 bits per heavy atom. The maximum atomic E-state index is 12.4. The Balaban J connectivity index is 2.32. The molecule has 0 bridgehead atoms. The molecule has 1 N–H and O–H groups in total. The van der Waals surface area contributed by atoms with Crippen molar-refractivity contribution in [2.75, 3.05) is 19.5 Å². The number of hydrogen-bond donors (Lipinski definition) is 1. The van der Waals surface area contributed by atoms with Crippen molar-refractivity contribution < 1.29 is 14.3 Å². The summed E-state index contributed by atoms with van der Waals surface area (Å²) in [5, 5.41) is 12.1. The van der Waals surface area contributed by atoms with E-state index in [1.165, 1.54) is 13.2 Å². The number of ether oxygens (including phenoxy) is 2. The number of hydrogen-bond acceptors (Lipinski definition) is 4. The van der Waals surface area contributed by atoms with E-state index in [1.54, 1.807) is 31.4 Å². The molecule has 0 aliphatic carbocycles. The van der Waals surface area contributed by atoms with Gasteiger partial charge in [-0.3, -0.25) is 4.79 Å². The number of methoxy groups -OCH3 is 2. The van der Waals surface area contributed by atoms with Gasteiger partial charge in [-0.1, -0.05) is 15.9 Å². The molecule has 0 atom stereocenters. The van der Waals surface area contributed by atoms with Crippen molar-refractivity contribution in [2.45, 2.75) is 6.92 Å². The first kappa shape index (κ1) is 18.6. The summed E-state index contributed by atoms with van der Waals surface area (Å²) in [6, 6.07) is 12.6. The number of benzene rings is 2. The first-order chi connectivity index (χ1) is 12.0. The zero-order valence-corrected chi connectivity index (χ0v) is 15.7. The molecular weight excluding hydrogens is 384 g/mol. The van der Waals surface area contributed by atoms with Gasteiger partial charge >= 0.3 is 0 Å². The first-order valence-corrected chi connectivity index (χ1v) is 8.19. The molecule has 0 aliphatic rings. The van der Waals surface area contributed by atoms with Crippen LogP contribution in [-0.4, -0.2) is 20.1 Å². The van der Waals surface area contributed by atoms with E-state index >= 15 is 0 Å². The highest BCUT2D eigenvalue weighted by Crippen LogP contribution is 2.31. The van der Waals surface area contributed by atoms with Gasteiger partial charge in [0.15, 0.2) is 11.5 Å². The van der Waals surface area contributed by atoms with Gasteiger partial charge in [0.05, 0.1) is 14.2 Å². The molecule has 0 aliphatic heterocycles. The Labute approximate surface area is 155 Å². The average molecular weight is 401 g/mol. The molecule has 2 aromatic carbocycles. The van der Waals surface area contributed by atoms with Crippen molar-refractivity contribution in [3.63, 3.8) is 0 Å². The molecule has 0 radical (unpaired) electrons. The normalized spacial score (nSPS) is 10.8. The predicted octanol–water partition coefficient (Wildman–Crippen LogP) is 4.32. The van der Waals surface area contributed by atoms with Crippen LogP contribution in [0, 0.1) is 18.3 Å². The maximum absolute atomic E-state index is 12.4. The Kier molecular flexibility index (Phi) is 6.20. The van der Waals surface area contributed by atoms with Gasteiger partial charge in [0.2, 0.25) is 0 Å². The van der Waals surface area contributed by atoms with Gasteiger partial charge in [-0.2, -0.15) is 5.26 Å². The molecule has 0 unspecified atom stereocenters. The highest BCUT2D eigenvalue weighted by molar-refractivity contribution is 9.10. The van der Waals surface area contributed by atoms with Gasteiger partial charge in [0.1, 0.15) is 11.6 Å². The summed E-state index contributed by atoms with van der Waals surface area (Å²) in [6.45, 7) is 1.87. The number of anilines is 1. The second-order valence-corrected chi connectivity index (χ2v) is 6.11. The Hall–Kier alpha value is -2.78. The molecule has 0 fully saturated rings. The number of rotatable bonds is 5.